The van der Waals surface area contributed by atoms with E-state index in [0.29, 0.717) is 6.08 Å². The molecule has 0 aliphatic heterocycles. The maximum absolute atomic E-state index is 10.8. The summed E-state index contributed by atoms with van der Waals surface area (Å²) in [5.41, 5.74) is 0. The molecule has 0 spiro atoms. The van der Waals surface area contributed by atoms with Crippen LogP contribution in [0, 0.1) is 0 Å². The SMILES string of the molecule is [2H]C([2H])([2H])C([2H])([2H])C([2H])([2H])C([2H])([2H])OC(=O)C=C. The Bertz CT molecular complexity index is 343. The van der Waals surface area contributed by atoms with Gasteiger partial charge in [-0.25, -0.2) is 4.79 Å². The van der Waals surface area contributed by atoms with Gasteiger partial charge < -0.3 is 4.74 Å². The molecule has 0 amide bonds. The van der Waals surface area contributed by atoms with Crippen molar-refractivity contribution in [2.75, 3.05) is 6.56 Å². The van der Waals surface area contributed by atoms with E-state index < -0.39 is 32.1 Å². The Morgan fingerprint density at radius 2 is 2.89 bits per heavy atom. The molecule has 0 aliphatic carbocycles. The molecule has 0 radical (unpaired) electrons. The van der Waals surface area contributed by atoms with Gasteiger partial charge in [0, 0.05) is 15.7 Å². The lowest BCUT2D eigenvalue weighted by molar-refractivity contribution is -0.137. The number of carbonyl (C=O) groups excluding carboxylic acids is 1. The molecule has 0 aromatic rings. The van der Waals surface area contributed by atoms with Gasteiger partial charge in [0.05, 0.1) is 9.30 Å². The molecule has 0 aliphatic rings. The van der Waals surface area contributed by atoms with Gasteiger partial charge in [-0.15, -0.1) is 0 Å². The normalized spacial score (nSPS) is 29.6. The third-order valence-corrected chi connectivity index (χ3v) is 0.432. The van der Waals surface area contributed by atoms with Crippen LogP contribution in [0.5, 0.6) is 0 Å². The first-order valence-corrected chi connectivity index (χ1v) is 2.06. The first kappa shape index (κ1) is 1.62. The molecule has 0 N–H and O–H groups in total. The molecule has 0 atom stereocenters. The monoisotopic (exact) mass is 137 g/mol. The molecule has 9 heavy (non-hydrogen) atoms. The van der Waals surface area contributed by atoms with Crippen LogP contribution in [-0.4, -0.2) is 12.5 Å². The summed E-state index contributed by atoms with van der Waals surface area (Å²) in [5, 5.41) is 0. The van der Waals surface area contributed by atoms with E-state index in [1.165, 1.54) is 0 Å². The highest BCUT2D eigenvalue weighted by Crippen LogP contribution is 1.88. The first-order chi connectivity index (χ1) is 7.70. The summed E-state index contributed by atoms with van der Waals surface area (Å²) in [6.45, 7) is -3.92. The molecule has 2 nitrogen and oxygen atoms in total. The second-order valence-electron chi connectivity index (χ2n) is 0.977. The van der Waals surface area contributed by atoms with Gasteiger partial charge in [-0.05, 0) is 6.37 Å². The van der Waals surface area contributed by atoms with E-state index in [9.17, 15) is 4.79 Å². The molecule has 0 fully saturated rings. The summed E-state index contributed by atoms with van der Waals surface area (Å²) < 4.78 is 68.1. The second kappa shape index (κ2) is 5.35. The highest BCUT2D eigenvalue weighted by molar-refractivity contribution is 5.81. The largest absolute Gasteiger partial charge is 0.463 e. The molecule has 0 aromatic carbocycles. The quantitative estimate of drug-likeness (QED) is 0.433. The van der Waals surface area contributed by atoms with Crippen LogP contribution in [0.3, 0.4) is 0 Å². The highest BCUT2D eigenvalue weighted by Gasteiger charge is 1.91. The van der Waals surface area contributed by atoms with Crippen LogP contribution in [-0.2, 0) is 9.53 Å². The zero-order valence-electron chi connectivity index (χ0n) is 13.6. The number of carbonyl (C=O) groups is 1. The molecule has 0 saturated heterocycles. The fourth-order valence-electron chi connectivity index (χ4n) is 0.143. The average Bonchev–Trinajstić information content (AvgIpc) is 2.14. The Labute approximate surface area is 68.2 Å². The summed E-state index contributed by atoms with van der Waals surface area (Å²) >= 11 is 0. The van der Waals surface area contributed by atoms with Crippen molar-refractivity contribution in [3.8, 4) is 0 Å². The van der Waals surface area contributed by atoms with Crippen LogP contribution >= 0.6 is 0 Å². The lowest BCUT2D eigenvalue weighted by Crippen LogP contribution is -2.00. The zero-order valence-corrected chi connectivity index (χ0v) is 4.60. The predicted molar refractivity (Wildman–Crippen MR) is 36.1 cm³/mol. The van der Waals surface area contributed by atoms with Crippen molar-refractivity contribution < 1.29 is 21.9 Å². The van der Waals surface area contributed by atoms with Gasteiger partial charge in [-0.3, -0.25) is 0 Å². The van der Waals surface area contributed by atoms with Crippen LogP contribution in [0.25, 0.3) is 0 Å². The van der Waals surface area contributed by atoms with Crippen molar-refractivity contribution in [2.24, 2.45) is 0 Å². The van der Waals surface area contributed by atoms with Crippen LogP contribution < -0.4 is 0 Å². The standard InChI is InChI=1S/C7H12O2/c1-3-5-6-9-7(8)4-2/h4H,2-3,5-6H2,1H3/i1D3,3D2,5D2,6D2. The number of hydrogen-bond acceptors (Lipinski definition) is 2. The van der Waals surface area contributed by atoms with E-state index in [4.69, 9.17) is 12.3 Å². The molecule has 52 valence electrons. The van der Waals surface area contributed by atoms with E-state index >= 15 is 0 Å². The van der Waals surface area contributed by atoms with Crippen molar-refractivity contribution in [1.29, 1.82) is 0 Å². The third-order valence-electron chi connectivity index (χ3n) is 0.432. The van der Waals surface area contributed by atoms with Gasteiger partial charge in [-0.2, -0.15) is 0 Å². The van der Waals surface area contributed by atoms with Crippen LogP contribution in [0.1, 0.15) is 31.9 Å². The summed E-state index contributed by atoms with van der Waals surface area (Å²) in [6, 6.07) is 0. The van der Waals surface area contributed by atoms with Gasteiger partial charge in [0.15, 0.2) is 0 Å². The van der Waals surface area contributed by atoms with E-state index in [2.05, 4.69) is 11.3 Å². The van der Waals surface area contributed by atoms with Gasteiger partial charge in [0.25, 0.3) is 0 Å². The number of rotatable bonds is 4. The van der Waals surface area contributed by atoms with Crippen LogP contribution in [0.4, 0.5) is 0 Å². The van der Waals surface area contributed by atoms with E-state index in [0.717, 1.165) is 0 Å². The third kappa shape index (κ3) is 5.07. The Hall–Kier alpha value is -0.790. The summed E-state index contributed by atoms with van der Waals surface area (Å²) in [4.78, 5) is 10.8. The van der Waals surface area contributed by atoms with Gasteiger partial charge in [0.2, 0.25) is 0 Å². The highest BCUT2D eigenvalue weighted by atomic mass is 16.5. The smallest absolute Gasteiger partial charge is 0.330 e. The number of esters is 1. The number of hydrogen-bond donors (Lipinski definition) is 0. The topological polar surface area (TPSA) is 26.3 Å². The minimum Gasteiger partial charge on any atom is -0.463 e. The van der Waals surface area contributed by atoms with Crippen molar-refractivity contribution in [3.63, 3.8) is 0 Å². The molecule has 0 rings (SSSR count). The summed E-state index contributed by atoms with van der Waals surface area (Å²) in [7, 11) is 0. The van der Waals surface area contributed by atoms with Crippen molar-refractivity contribution in [2.45, 2.75) is 19.6 Å². The van der Waals surface area contributed by atoms with E-state index in [1.807, 2.05) is 0 Å². The summed E-state index contributed by atoms with van der Waals surface area (Å²) in [5.74, 6) is -1.33. The fourth-order valence-corrected chi connectivity index (χ4v) is 0.143. The van der Waals surface area contributed by atoms with Gasteiger partial charge >= 0.3 is 5.97 Å². The molecule has 0 unspecified atom stereocenters. The Balaban J connectivity index is 5.49. The van der Waals surface area contributed by atoms with Crippen molar-refractivity contribution in [3.05, 3.63) is 12.7 Å². The molecule has 0 heterocycles. The zero-order chi connectivity index (χ0) is 15.0. The fraction of sp³-hybridized carbons (Fsp3) is 0.571. The second-order valence-corrected chi connectivity index (χ2v) is 0.977. The Morgan fingerprint density at radius 3 is 3.44 bits per heavy atom. The predicted octanol–water partition coefficient (Wildman–Crippen LogP) is 1.52. The van der Waals surface area contributed by atoms with Crippen LogP contribution in [0.2, 0.25) is 0 Å². The molecule has 0 aromatic heterocycles. The molecule has 0 bridgehead atoms. The minimum atomic E-state index is -3.58. The minimum absolute atomic E-state index is 0.554. The van der Waals surface area contributed by atoms with Crippen molar-refractivity contribution in [1.82, 2.24) is 0 Å². The van der Waals surface area contributed by atoms with Crippen molar-refractivity contribution >= 4 is 5.97 Å². The Morgan fingerprint density at radius 1 is 2.11 bits per heavy atom. The lowest BCUT2D eigenvalue weighted by atomic mass is 10.4. The first-order valence-electron chi connectivity index (χ1n) is 6.56. The summed E-state index contributed by atoms with van der Waals surface area (Å²) in [6.07, 6.45) is -6.58. The Kier molecular flexibility index (Phi) is 0.965. The van der Waals surface area contributed by atoms with Gasteiger partial charge in [0.1, 0.15) is 0 Å². The maximum atomic E-state index is 10.8. The molecule has 2 heteroatoms. The van der Waals surface area contributed by atoms with E-state index in [1.54, 1.807) is 0 Å². The number of ether oxygens (including phenoxy) is 1. The molecule has 0 saturated carbocycles. The van der Waals surface area contributed by atoms with Gasteiger partial charge in [-0.1, -0.05) is 19.8 Å². The van der Waals surface area contributed by atoms with Crippen LogP contribution in [0.15, 0.2) is 12.7 Å². The average molecular weight is 137 g/mol. The van der Waals surface area contributed by atoms with E-state index in [-0.39, 0.29) is 0 Å². The molecular weight excluding hydrogens is 116 g/mol. The lowest BCUT2D eigenvalue weighted by Gasteiger charge is -1.97. The molecular formula is C7H12O2. The maximum Gasteiger partial charge on any atom is 0.330 e.